The Bertz CT molecular complexity index is 769. The summed E-state index contributed by atoms with van der Waals surface area (Å²) < 4.78 is 5.65. The van der Waals surface area contributed by atoms with Gasteiger partial charge in [-0.25, -0.2) is 4.79 Å². The van der Waals surface area contributed by atoms with E-state index < -0.39 is 11.8 Å². The number of benzene rings is 1. The smallest absolute Gasteiger partial charge is 0.414 e. The van der Waals surface area contributed by atoms with Crippen molar-refractivity contribution in [3.63, 3.8) is 0 Å². The summed E-state index contributed by atoms with van der Waals surface area (Å²) in [4.78, 5) is 29.3. The van der Waals surface area contributed by atoms with E-state index in [9.17, 15) is 14.7 Å². The predicted molar refractivity (Wildman–Crippen MR) is 115 cm³/mol. The minimum absolute atomic E-state index is 0.124. The second kappa shape index (κ2) is 8.74. The number of ether oxygens (including phenoxy) is 1. The summed E-state index contributed by atoms with van der Waals surface area (Å²) in [5, 5.41) is 10.5. The van der Waals surface area contributed by atoms with Crippen LogP contribution in [0.4, 0.5) is 16.2 Å². The Morgan fingerprint density at radius 1 is 1.21 bits per heavy atom. The van der Waals surface area contributed by atoms with Gasteiger partial charge in [-0.15, -0.1) is 0 Å². The molecule has 2 aliphatic rings. The molecule has 6 heteroatoms. The topological polar surface area (TPSA) is 70.1 Å². The zero-order chi connectivity index (χ0) is 21.2. The van der Waals surface area contributed by atoms with Gasteiger partial charge in [0.25, 0.3) is 0 Å². The summed E-state index contributed by atoms with van der Waals surface area (Å²) >= 11 is 0. The van der Waals surface area contributed by atoms with Crippen LogP contribution in [-0.2, 0) is 11.2 Å². The minimum atomic E-state index is -0.595. The number of carbonyl (C=O) groups is 2. The number of carbonyl (C=O) groups excluding carboxylic acids is 2. The summed E-state index contributed by atoms with van der Waals surface area (Å²) in [6.45, 7) is 8.93. The average molecular weight is 403 g/mol. The largest absolute Gasteiger partial charge is 0.443 e. The van der Waals surface area contributed by atoms with Crippen LogP contribution in [0.1, 0.15) is 82.1 Å². The number of fused-ring (bicyclic) bond motifs is 1. The van der Waals surface area contributed by atoms with Gasteiger partial charge >= 0.3 is 6.09 Å². The second-order valence-corrected chi connectivity index (χ2v) is 9.08. The number of nitrogens with zero attached hydrogens (tertiary/aromatic N) is 2. The zero-order valence-electron chi connectivity index (χ0n) is 18.2. The molecular weight excluding hydrogens is 368 g/mol. The monoisotopic (exact) mass is 402 g/mol. The van der Waals surface area contributed by atoms with E-state index in [1.807, 2.05) is 37.8 Å². The first-order valence-electron chi connectivity index (χ1n) is 10.9. The average Bonchev–Trinajstić information content (AvgIpc) is 3.09. The highest BCUT2D eigenvalue weighted by Gasteiger charge is 2.34. The lowest BCUT2D eigenvalue weighted by Crippen LogP contribution is -2.41. The molecule has 0 aromatic heterocycles. The van der Waals surface area contributed by atoms with Crippen LogP contribution in [0.25, 0.3) is 0 Å². The highest BCUT2D eigenvalue weighted by molar-refractivity contribution is 6.01. The lowest BCUT2D eigenvalue weighted by Gasteiger charge is -2.36. The van der Waals surface area contributed by atoms with E-state index in [0.29, 0.717) is 31.5 Å². The van der Waals surface area contributed by atoms with E-state index in [0.717, 1.165) is 49.0 Å². The van der Waals surface area contributed by atoms with Gasteiger partial charge in [-0.3, -0.25) is 9.69 Å². The van der Waals surface area contributed by atoms with Gasteiger partial charge < -0.3 is 14.7 Å². The Hall–Kier alpha value is -2.08. The van der Waals surface area contributed by atoms with Gasteiger partial charge in [-0.1, -0.05) is 13.3 Å². The van der Waals surface area contributed by atoms with Crippen molar-refractivity contribution in [1.82, 2.24) is 0 Å². The number of anilines is 2. The van der Waals surface area contributed by atoms with Gasteiger partial charge in [0.2, 0.25) is 0 Å². The zero-order valence-corrected chi connectivity index (χ0v) is 18.2. The first-order chi connectivity index (χ1) is 13.7. The number of aliphatic hydroxyl groups excluding tert-OH is 1. The predicted octanol–water partition coefficient (Wildman–Crippen LogP) is 4.67. The van der Waals surface area contributed by atoms with Crippen LogP contribution in [0.15, 0.2) is 12.1 Å². The van der Waals surface area contributed by atoms with Crippen molar-refractivity contribution in [3.05, 3.63) is 23.3 Å². The number of aryl methyl sites for hydroxylation is 1. The first kappa shape index (κ1) is 21.6. The van der Waals surface area contributed by atoms with E-state index in [-0.39, 0.29) is 11.9 Å². The van der Waals surface area contributed by atoms with Crippen LogP contribution in [0.3, 0.4) is 0 Å². The highest BCUT2D eigenvalue weighted by atomic mass is 16.6. The third-order valence-electron chi connectivity index (χ3n) is 5.49. The number of ketones is 1. The number of Topliss-reactive ketones (excluding diaryl/α,β-unsaturated/α-hetero) is 1. The molecule has 1 atom stereocenters. The van der Waals surface area contributed by atoms with E-state index in [1.165, 1.54) is 0 Å². The van der Waals surface area contributed by atoms with E-state index in [1.54, 1.807) is 4.90 Å². The SMILES string of the molecule is CCCCC(=O)c1cc2c(c(N3CCCC3O)c1)N(C(=O)OC(C)(C)C)CCC2. The summed E-state index contributed by atoms with van der Waals surface area (Å²) in [7, 11) is 0. The van der Waals surface area contributed by atoms with Crippen LogP contribution in [0, 0.1) is 0 Å². The molecule has 1 aromatic carbocycles. The van der Waals surface area contributed by atoms with E-state index in [2.05, 4.69) is 6.92 Å². The minimum Gasteiger partial charge on any atom is -0.443 e. The third kappa shape index (κ3) is 4.92. The maximum atomic E-state index is 12.9. The van der Waals surface area contributed by atoms with Gasteiger partial charge in [-0.05, 0) is 70.6 Å². The molecule has 29 heavy (non-hydrogen) atoms. The molecule has 1 amide bonds. The van der Waals surface area contributed by atoms with Crippen molar-refractivity contribution in [2.24, 2.45) is 0 Å². The summed E-state index contributed by atoms with van der Waals surface area (Å²) in [5.74, 6) is 0.124. The molecule has 1 saturated heterocycles. The number of hydrogen-bond donors (Lipinski definition) is 1. The molecule has 2 aliphatic heterocycles. The summed E-state index contributed by atoms with van der Waals surface area (Å²) in [6.07, 6.45) is 4.59. The first-order valence-corrected chi connectivity index (χ1v) is 10.9. The Balaban J connectivity index is 2.05. The van der Waals surface area contributed by atoms with Crippen molar-refractivity contribution >= 4 is 23.3 Å². The number of rotatable bonds is 5. The van der Waals surface area contributed by atoms with E-state index >= 15 is 0 Å². The molecule has 1 aromatic rings. The number of hydrogen-bond acceptors (Lipinski definition) is 5. The molecule has 2 heterocycles. The lowest BCUT2D eigenvalue weighted by atomic mass is 9.94. The molecule has 0 radical (unpaired) electrons. The normalized spacial score (nSPS) is 19.3. The van der Waals surface area contributed by atoms with Gasteiger partial charge in [0.05, 0.1) is 11.4 Å². The van der Waals surface area contributed by atoms with Crippen LogP contribution in [-0.4, -0.2) is 41.9 Å². The van der Waals surface area contributed by atoms with Crippen molar-refractivity contribution in [3.8, 4) is 0 Å². The van der Waals surface area contributed by atoms with Crippen molar-refractivity contribution in [2.75, 3.05) is 22.9 Å². The maximum Gasteiger partial charge on any atom is 0.414 e. The van der Waals surface area contributed by atoms with Crippen molar-refractivity contribution < 1.29 is 19.4 Å². The lowest BCUT2D eigenvalue weighted by molar-refractivity contribution is 0.0577. The molecule has 160 valence electrons. The fourth-order valence-electron chi connectivity index (χ4n) is 4.11. The highest BCUT2D eigenvalue weighted by Crippen LogP contribution is 2.41. The standard InChI is InChI=1S/C23H34N2O4/c1-5-6-10-19(26)17-14-16-9-7-13-25(22(28)29-23(2,3)4)21(16)18(15-17)24-12-8-11-20(24)27/h14-15,20,27H,5-13H2,1-4H3. The number of aliphatic hydroxyl groups is 1. The fourth-order valence-corrected chi connectivity index (χ4v) is 4.11. The van der Waals surface area contributed by atoms with E-state index in [4.69, 9.17) is 4.74 Å². The maximum absolute atomic E-state index is 12.9. The molecule has 1 unspecified atom stereocenters. The van der Waals surface area contributed by atoms with Gasteiger partial charge in [0.15, 0.2) is 5.78 Å². The van der Waals surface area contributed by atoms with Crippen molar-refractivity contribution in [1.29, 1.82) is 0 Å². The van der Waals surface area contributed by atoms with Crippen LogP contribution in [0.5, 0.6) is 0 Å². The second-order valence-electron chi connectivity index (χ2n) is 9.08. The molecule has 1 N–H and O–H groups in total. The molecule has 0 spiro atoms. The molecule has 3 rings (SSSR count). The Kier molecular flexibility index (Phi) is 6.52. The Labute approximate surface area is 173 Å². The number of amides is 1. The molecule has 6 nitrogen and oxygen atoms in total. The molecule has 0 bridgehead atoms. The van der Waals surface area contributed by atoms with Crippen LogP contribution >= 0.6 is 0 Å². The molecule has 1 fully saturated rings. The summed E-state index contributed by atoms with van der Waals surface area (Å²) in [5.41, 5.74) is 2.64. The van der Waals surface area contributed by atoms with Gasteiger partial charge in [0.1, 0.15) is 11.8 Å². The van der Waals surface area contributed by atoms with Gasteiger partial charge in [-0.2, -0.15) is 0 Å². The quantitative estimate of drug-likeness (QED) is 0.725. The Morgan fingerprint density at radius 3 is 2.59 bits per heavy atom. The molecule has 0 aliphatic carbocycles. The van der Waals surface area contributed by atoms with Crippen LogP contribution in [0.2, 0.25) is 0 Å². The number of unbranched alkanes of at least 4 members (excludes halogenated alkanes) is 1. The van der Waals surface area contributed by atoms with Crippen molar-refractivity contribution in [2.45, 2.75) is 84.5 Å². The van der Waals surface area contributed by atoms with Gasteiger partial charge in [0, 0.05) is 25.1 Å². The molecule has 0 saturated carbocycles. The fraction of sp³-hybridized carbons (Fsp3) is 0.652. The molecular formula is C23H34N2O4. The summed E-state index contributed by atoms with van der Waals surface area (Å²) in [6, 6.07) is 3.81. The third-order valence-corrected chi connectivity index (χ3v) is 5.49. The Morgan fingerprint density at radius 2 is 1.97 bits per heavy atom. The van der Waals surface area contributed by atoms with Crippen LogP contribution < -0.4 is 9.80 Å².